The monoisotopic (exact) mass is 254 g/mol. The molecule has 0 saturated carbocycles. The smallest absolute Gasteiger partial charge is 0.307 e. The fraction of sp³-hybridized carbons (Fsp3) is 0.692. The molecule has 5 heteroatoms. The lowest BCUT2D eigenvalue weighted by Gasteiger charge is -2.35. The number of amides is 1. The Morgan fingerprint density at radius 1 is 1.22 bits per heavy atom. The third-order valence-electron chi connectivity index (χ3n) is 3.05. The molecule has 1 aliphatic rings. The molecule has 18 heavy (non-hydrogen) atoms. The number of allylic oxidation sites excluding steroid dienone is 1. The van der Waals surface area contributed by atoms with E-state index in [1.165, 1.54) is 0 Å². The number of piperazine rings is 1. The van der Waals surface area contributed by atoms with Gasteiger partial charge in [0.1, 0.15) is 0 Å². The molecule has 1 amide bonds. The Morgan fingerprint density at radius 2 is 1.78 bits per heavy atom. The predicted octanol–water partition coefficient (Wildman–Crippen LogP) is 0.818. The van der Waals surface area contributed by atoms with Crippen LogP contribution in [0, 0.1) is 5.92 Å². The van der Waals surface area contributed by atoms with Crippen molar-refractivity contribution in [3.63, 3.8) is 0 Å². The first-order valence-corrected chi connectivity index (χ1v) is 6.29. The van der Waals surface area contributed by atoms with Crippen molar-refractivity contribution in [1.29, 1.82) is 0 Å². The summed E-state index contributed by atoms with van der Waals surface area (Å²) in [7, 11) is 0. The number of hydrogen-bond donors (Lipinski definition) is 1. The molecule has 0 aromatic rings. The van der Waals surface area contributed by atoms with E-state index >= 15 is 0 Å². The van der Waals surface area contributed by atoms with Gasteiger partial charge in [-0.3, -0.25) is 14.5 Å². The predicted molar refractivity (Wildman–Crippen MR) is 69.3 cm³/mol. The Balaban J connectivity index is 2.39. The molecule has 1 fully saturated rings. The van der Waals surface area contributed by atoms with Crippen molar-refractivity contribution in [2.24, 2.45) is 5.92 Å². The number of carboxylic acid groups (broad SMARTS) is 1. The molecule has 1 rings (SSSR count). The van der Waals surface area contributed by atoms with Crippen LogP contribution in [-0.4, -0.2) is 59.5 Å². The van der Waals surface area contributed by atoms with Gasteiger partial charge in [-0.05, 0) is 13.8 Å². The van der Waals surface area contributed by atoms with E-state index < -0.39 is 5.97 Å². The molecule has 1 aliphatic heterocycles. The second-order valence-electron chi connectivity index (χ2n) is 5.09. The lowest BCUT2D eigenvalue weighted by Crippen LogP contribution is -2.49. The Morgan fingerprint density at radius 3 is 2.22 bits per heavy atom. The van der Waals surface area contributed by atoms with Gasteiger partial charge < -0.3 is 10.0 Å². The van der Waals surface area contributed by atoms with E-state index in [1.54, 1.807) is 13.0 Å². The number of aliphatic carboxylic acids is 1. The van der Waals surface area contributed by atoms with Crippen LogP contribution in [0.1, 0.15) is 20.8 Å². The minimum absolute atomic E-state index is 0.0564. The SMILES string of the molecule is CC(C)=CC(=O)N1CCN(CC(C)C(=O)O)CC1. The third kappa shape index (κ3) is 4.49. The fourth-order valence-electron chi connectivity index (χ4n) is 1.95. The molecule has 1 heterocycles. The Labute approximate surface area is 108 Å². The van der Waals surface area contributed by atoms with Crippen molar-refractivity contribution in [2.75, 3.05) is 32.7 Å². The molecule has 1 N–H and O–H groups in total. The van der Waals surface area contributed by atoms with E-state index in [4.69, 9.17) is 5.11 Å². The molecule has 1 saturated heterocycles. The zero-order chi connectivity index (χ0) is 13.7. The molecule has 1 unspecified atom stereocenters. The molecule has 0 aromatic carbocycles. The minimum atomic E-state index is -0.766. The second-order valence-corrected chi connectivity index (χ2v) is 5.09. The van der Waals surface area contributed by atoms with E-state index in [2.05, 4.69) is 4.90 Å². The number of carbonyl (C=O) groups excluding carboxylic acids is 1. The maximum atomic E-state index is 11.8. The minimum Gasteiger partial charge on any atom is -0.481 e. The van der Waals surface area contributed by atoms with Gasteiger partial charge in [-0.2, -0.15) is 0 Å². The molecular weight excluding hydrogens is 232 g/mol. The normalized spacial score (nSPS) is 18.3. The maximum absolute atomic E-state index is 11.8. The van der Waals surface area contributed by atoms with Crippen LogP contribution in [-0.2, 0) is 9.59 Å². The lowest BCUT2D eigenvalue weighted by atomic mass is 10.1. The molecule has 5 nitrogen and oxygen atoms in total. The van der Waals surface area contributed by atoms with Crippen molar-refractivity contribution < 1.29 is 14.7 Å². The quantitative estimate of drug-likeness (QED) is 0.754. The van der Waals surface area contributed by atoms with Gasteiger partial charge in [0, 0.05) is 38.8 Å². The third-order valence-corrected chi connectivity index (χ3v) is 3.05. The standard InChI is InChI=1S/C13H22N2O3/c1-10(2)8-12(16)15-6-4-14(5-7-15)9-11(3)13(17)18/h8,11H,4-7,9H2,1-3H3,(H,17,18). The van der Waals surface area contributed by atoms with Gasteiger partial charge in [-0.25, -0.2) is 0 Å². The summed E-state index contributed by atoms with van der Waals surface area (Å²) in [5.41, 5.74) is 1.00. The topological polar surface area (TPSA) is 60.9 Å². The van der Waals surface area contributed by atoms with E-state index in [1.807, 2.05) is 18.7 Å². The van der Waals surface area contributed by atoms with Gasteiger partial charge in [-0.1, -0.05) is 12.5 Å². The summed E-state index contributed by atoms with van der Waals surface area (Å²) in [4.78, 5) is 26.5. The highest BCUT2D eigenvalue weighted by Crippen LogP contribution is 2.07. The van der Waals surface area contributed by atoms with E-state index in [0.717, 1.165) is 18.7 Å². The van der Waals surface area contributed by atoms with Gasteiger partial charge in [0.05, 0.1) is 5.92 Å². The molecule has 0 radical (unpaired) electrons. The summed E-state index contributed by atoms with van der Waals surface area (Å²) in [6.07, 6.45) is 1.65. The largest absolute Gasteiger partial charge is 0.481 e. The van der Waals surface area contributed by atoms with Crippen molar-refractivity contribution >= 4 is 11.9 Å². The summed E-state index contributed by atoms with van der Waals surface area (Å²) in [5.74, 6) is -1.07. The first-order chi connectivity index (χ1) is 8.40. The number of rotatable bonds is 4. The summed E-state index contributed by atoms with van der Waals surface area (Å²) >= 11 is 0. The average molecular weight is 254 g/mol. The first-order valence-electron chi connectivity index (χ1n) is 6.29. The molecule has 0 bridgehead atoms. The first kappa shape index (κ1) is 14.7. The van der Waals surface area contributed by atoms with Crippen molar-refractivity contribution in [1.82, 2.24) is 9.80 Å². The van der Waals surface area contributed by atoms with Gasteiger partial charge in [0.15, 0.2) is 0 Å². The Bertz CT molecular complexity index is 340. The van der Waals surface area contributed by atoms with Crippen molar-refractivity contribution in [3.05, 3.63) is 11.6 Å². The molecule has 0 aliphatic carbocycles. The van der Waals surface area contributed by atoms with Crippen LogP contribution in [0.4, 0.5) is 0 Å². The zero-order valence-corrected chi connectivity index (χ0v) is 11.3. The van der Waals surface area contributed by atoms with Gasteiger partial charge in [0.2, 0.25) is 5.91 Å². The van der Waals surface area contributed by atoms with Crippen LogP contribution in [0.3, 0.4) is 0 Å². The lowest BCUT2D eigenvalue weighted by molar-refractivity contribution is -0.142. The van der Waals surface area contributed by atoms with Crippen molar-refractivity contribution in [2.45, 2.75) is 20.8 Å². The molecule has 0 aromatic heterocycles. The average Bonchev–Trinajstić information content (AvgIpc) is 2.28. The van der Waals surface area contributed by atoms with Gasteiger partial charge in [-0.15, -0.1) is 0 Å². The van der Waals surface area contributed by atoms with E-state index in [-0.39, 0.29) is 11.8 Å². The van der Waals surface area contributed by atoms with Crippen LogP contribution < -0.4 is 0 Å². The molecular formula is C13H22N2O3. The summed E-state index contributed by atoms with van der Waals surface area (Å²) in [6.45, 7) is 8.93. The number of nitrogens with zero attached hydrogens (tertiary/aromatic N) is 2. The van der Waals surface area contributed by atoms with Crippen LogP contribution in [0.25, 0.3) is 0 Å². The number of hydrogen-bond acceptors (Lipinski definition) is 3. The molecule has 0 spiro atoms. The maximum Gasteiger partial charge on any atom is 0.307 e. The van der Waals surface area contributed by atoms with Gasteiger partial charge in [0.25, 0.3) is 0 Å². The van der Waals surface area contributed by atoms with E-state index in [9.17, 15) is 9.59 Å². The van der Waals surface area contributed by atoms with Crippen LogP contribution in [0.15, 0.2) is 11.6 Å². The highest BCUT2D eigenvalue weighted by molar-refractivity contribution is 5.88. The highest BCUT2D eigenvalue weighted by Gasteiger charge is 2.22. The number of carboxylic acids is 1. The van der Waals surface area contributed by atoms with E-state index in [0.29, 0.717) is 19.6 Å². The summed E-state index contributed by atoms with van der Waals surface area (Å²) in [5, 5.41) is 8.85. The summed E-state index contributed by atoms with van der Waals surface area (Å²) in [6, 6.07) is 0. The number of carbonyl (C=O) groups is 2. The fourth-order valence-corrected chi connectivity index (χ4v) is 1.95. The Kier molecular flexibility index (Phi) is 5.34. The van der Waals surface area contributed by atoms with Crippen LogP contribution in [0.2, 0.25) is 0 Å². The van der Waals surface area contributed by atoms with Gasteiger partial charge >= 0.3 is 5.97 Å². The summed E-state index contributed by atoms with van der Waals surface area (Å²) < 4.78 is 0. The second kappa shape index (κ2) is 6.54. The van der Waals surface area contributed by atoms with Crippen molar-refractivity contribution in [3.8, 4) is 0 Å². The molecule has 102 valence electrons. The molecule has 1 atom stereocenters. The Hall–Kier alpha value is -1.36. The zero-order valence-electron chi connectivity index (χ0n) is 11.3. The van der Waals surface area contributed by atoms with Crippen LogP contribution in [0.5, 0.6) is 0 Å². The highest BCUT2D eigenvalue weighted by atomic mass is 16.4. The van der Waals surface area contributed by atoms with Crippen LogP contribution >= 0.6 is 0 Å².